The van der Waals surface area contributed by atoms with Gasteiger partial charge in [-0.25, -0.2) is 0 Å². The van der Waals surface area contributed by atoms with Crippen molar-refractivity contribution in [3.05, 3.63) is 29.8 Å². The molecule has 17 heavy (non-hydrogen) atoms. The van der Waals surface area contributed by atoms with E-state index in [0.29, 0.717) is 5.92 Å². The SMILES string of the molecule is COc1cccc(CC(N)C2CCOC2C)c1. The first-order valence-corrected chi connectivity index (χ1v) is 6.21. The van der Waals surface area contributed by atoms with Crippen LogP contribution in [0.15, 0.2) is 24.3 Å². The van der Waals surface area contributed by atoms with Gasteiger partial charge in [-0.1, -0.05) is 12.1 Å². The van der Waals surface area contributed by atoms with E-state index in [0.717, 1.165) is 25.2 Å². The van der Waals surface area contributed by atoms with Crippen molar-refractivity contribution in [3.63, 3.8) is 0 Å². The van der Waals surface area contributed by atoms with E-state index in [-0.39, 0.29) is 12.1 Å². The lowest BCUT2D eigenvalue weighted by molar-refractivity contribution is 0.0995. The number of ether oxygens (including phenoxy) is 2. The second-order valence-electron chi connectivity index (χ2n) is 4.75. The van der Waals surface area contributed by atoms with Gasteiger partial charge in [0.25, 0.3) is 0 Å². The quantitative estimate of drug-likeness (QED) is 0.868. The third-order valence-electron chi connectivity index (χ3n) is 3.59. The molecule has 1 saturated heterocycles. The number of benzene rings is 1. The summed E-state index contributed by atoms with van der Waals surface area (Å²) < 4.78 is 10.8. The predicted octanol–water partition coefficient (Wildman–Crippen LogP) is 1.99. The molecule has 0 amide bonds. The van der Waals surface area contributed by atoms with Gasteiger partial charge in [-0.3, -0.25) is 0 Å². The van der Waals surface area contributed by atoms with Gasteiger partial charge in [0.2, 0.25) is 0 Å². The molecule has 3 nitrogen and oxygen atoms in total. The Bertz CT molecular complexity index is 367. The van der Waals surface area contributed by atoms with E-state index in [1.807, 2.05) is 12.1 Å². The van der Waals surface area contributed by atoms with E-state index in [9.17, 15) is 0 Å². The number of hydrogen-bond acceptors (Lipinski definition) is 3. The van der Waals surface area contributed by atoms with Crippen LogP contribution in [0.3, 0.4) is 0 Å². The molecule has 1 fully saturated rings. The van der Waals surface area contributed by atoms with Gasteiger partial charge >= 0.3 is 0 Å². The number of rotatable bonds is 4. The Morgan fingerprint density at radius 2 is 2.35 bits per heavy atom. The Morgan fingerprint density at radius 3 is 3.00 bits per heavy atom. The van der Waals surface area contributed by atoms with Crippen molar-refractivity contribution in [1.82, 2.24) is 0 Å². The predicted molar refractivity (Wildman–Crippen MR) is 68.2 cm³/mol. The Hall–Kier alpha value is -1.06. The number of hydrogen-bond donors (Lipinski definition) is 1. The van der Waals surface area contributed by atoms with Gasteiger partial charge < -0.3 is 15.2 Å². The molecule has 2 rings (SSSR count). The molecule has 2 N–H and O–H groups in total. The van der Waals surface area contributed by atoms with Crippen LogP contribution < -0.4 is 10.5 Å². The minimum atomic E-state index is 0.166. The highest BCUT2D eigenvalue weighted by atomic mass is 16.5. The minimum Gasteiger partial charge on any atom is -0.497 e. The monoisotopic (exact) mass is 235 g/mol. The molecule has 0 bridgehead atoms. The van der Waals surface area contributed by atoms with Crippen LogP contribution >= 0.6 is 0 Å². The highest BCUT2D eigenvalue weighted by Gasteiger charge is 2.29. The van der Waals surface area contributed by atoms with E-state index >= 15 is 0 Å². The maximum Gasteiger partial charge on any atom is 0.119 e. The molecule has 3 unspecified atom stereocenters. The maximum absolute atomic E-state index is 6.27. The second kappa shape index (κ2) is 5.52. The van der Waals surface area contributed by atoms with Crippen molar-refractivity contribution in [2.75, 3.05) is 13.7 Å². The van der Waals surface area contributed by atoms with Gasteiger partial charge in [0.15, 0.2) is 0 Å². The normalized spacial score (nSPS) is 25.8. The molecule has 0 aliphatic carbocycles. The van der Waals surface area contributed by atoms with Crippen molar-refractivity contribution in [3.8, 4) is 5.75 Å². The van der Waals surface area contributed by atoms with Crippen LogP contribution in [-0.4, -0.2) is 25.9 Å². The average molecular weight is 235 g/mol. The highest BCUT2D eigenvalue weighted by molar-refractivity contribution is 5.29. The summed E-state index contributed by atoms with van der Waals surface area (Å²) in [6, 6.07) is 8.29. The lowest BCUT2D eigenvalue weighted by atomic mass is 9.89. The van der Waals surface area contributed by atoms with E-state index in [4.69, 9.17) is 15.2 Å². The third kappa shape index (κ3) is 2.99. The zero-order chi connectivity index (χ0) is 12.3. The summed E-state index contributed by atoms with van der Waals surface area (Å²) in [4.78, 5) is 0. The highest BCUT2D eigenvalue weighted by Crippen LogP contribution is 2.25. The zero-order valence-corrected chi connectivity index (χ0v) is 10.6. The Kier molecular flexibility index (Phi) is 4.02. The fourth-order valence-corrected chi connectivity index (χ4v) is 2.53. The molecule has 1 aliphatic rings. The molecule has 3 atom stereocenters. The molecule has 1 aliphatic heterocycles. The Labute approximate surface area is 103 Å². The van der Waals surface area contributed by atoms with Gasteiger partial charge in [-0.2, -0.15) is 0 Å². The van der Waals surface area contributed by atoms with Crippen LogP contribution in [0.1, 0.15) is 18.9 Å². The van der Waals surface area contributed by atoms with Crippen molar-refractivity contribution in [2.45, 2.75) is 31.9 Å². The van der Waals surface area contributed by atoms with Gasteiger partial charge in [0, 0.05) is 18.6 Å². The first-order valence-electron chi connectivity index (χ1n) is 6.21. The zero-order valence-electron chi connectivity index (χ0n) is 10.6. The fraction of sp³-hybridized carbons (Fsp3) is 0.571. The van der Waals surface area contributed by atoms with Crippen molar-refractivity contribution < 1.29 is 9.47 Å². The second-order valence-corrected chi connectivity index (χ2v) is 4.75. The van der Waals surface area contributed by atoms with Crippen molar-refractivity contribution in [2.24, 2.45) is 11.7 Å². The summed E-state index contributed by atoms with van der Waals surface area (Å²) in [5, 5.41) is 0. The molecule has 0 aromatic heterocycles. The smallest absolute Gasteiger partial charge is 0.119 e. The van der Waals surface area contributed by atoms with E-state index in [1.165, 1.54) is 5.56 Å². The Balaban J connectivity index is 1.99. The van der Waals surface area contributed by atoms with Gasteiger partial charge in [0.05, 0.1) is 13.2 Å². The molecular formula is C14H21NO2. The topological polar surface area (TPSA) is 44.5 Å². The summed E-state index contributed by atoms with van der Waals surface area (Å²) in [7, 11) is 1.69. The average Bonchev–Trinajstić information content (AvgIpc) is 2.76. The summed E-state index contributed by atoms with van der Waals surface area (Å²) in [5.41, 5.74) is 7.50. The van der Waals surface area contributed by atoms with E-state index in [1.54, 1.807) is 7.11 Å². The van der Waals surface area contributed by atoms with Crippen LogP contribution in [0.25, 0.3) is 0 Å². The maximum atomic E-state index is 6.27. The third-order valence-corrected chi connectivity index (χ3v) is 3.59. The lowest BCUT2D eigenvalue weighted by Crippen LogP contribution is -2.36. The fourth-order valence-electron chi connectivity index (χ4n) is 2.53. The molecule has 1 heterocycles. The van der Waals surface area contributed by atoms with Gasteiger partial charge in [0.1, 0.15) is 5.75 Å². The van der Waals surface area contributed by atoms with Gasteiger partial charge in [-0.15, -0.1) is 0 Å². The molecule has 0 radical (unpaired) electrons. The first-order chi connectivity index (χ1) is 8.20. The molecule has 1 aromatic rings. The lowest BCUT2D eigenvalue weighted by Gasteiger charge is -2.22. The summed E-state index contributed by atoms with van der Waals surface area (Å²) in [5.74, 6) is 1.37. The van der Waals surface area contributed by atoms with Crippen LogP contribution in [0.5, 0.6) is 5.75 Å². The largest absolute Gasteiger partial charge is 0.497 e. The summed E-state index contributed by atoms with van der Waals surface area (Å²) in [6.07, 6.45) is 2.25. The first kappa shape index (κ1) is 12.4. The van der Waals surface area contributed by atoms with Crippen LogP contribution in [-0.2, 0) is 11.2 Å². The van der Waals surface area contributed by atoms with Crippen molar-refractivity contribution in [1.29, 1.82) is 0 Å². The Morgan fingerprint density at radius 1 is 1.53 bits per heavy atom. The number of methoxy groups -OCH3 is 1. The summed E-state index contributed by atoms with van der Waals surface area (Å²) in [6.45, 7) is 2.96. The molecule has 3 heteroatoms. The van der Waals surface area contributed by atoms with Crippen LogP contribution in [0.2, 0.25) is 0 Å². The van der Waals surface area contributed by atoms with Gasteiger partial charge in [-0.05, 0) is 37.5 Å². The minimum absolute atomic E-state index is 0.166. The molecule has 1 aromatic carbocycles. The van der Waals surface area contributed by atoms with Crippen molar-refractivity contribution >= 4 is 0 Å². The number of nitrogens with two attached hydrogens (primary N) is 1. The summed E-state index contributed by atoms with van der Waals surface area (Å²) >= 11 is 0. The molecule has 0 saturated carbocycles. The van der Waals surface area contributed by atoms with E-state index < -0.39 is 0 Å². The van der Waals surface area contributed by atoms with Crippen LogP contribution in [0.4, 0.5) is 0 Å². The van der Waals surface area contributed by atoms with Crippen LogP contribution in [0, 0.1) is 5.92 Å². The molecular weight excluding hydrogens is 214 g/mol. The molecule has 0 spiro atoms. The molecule has 94 valence electrons. The van der Waals surface area contributed by atoms with E-state index in [2.05, 4.69) is 19.1 Å². The standard InChI is InChI=1S/C14H21NO2/c1-10-13(6-7-17-10)14(15)9-11-4-3-5-12(8-11)16-2/h3-5,8,10,13-14H,6-7,9,15H2,1-2H3.